The molecule has 2 aliphatic rings. The Bertz CT molecular complexity index is 763. The summed E-state index contributed by atoms with van der Waals surface area (Å²) in [6, 6.07) is 11.2. The van der Waals surface area contributed by atoms with Gasteiger partial charge in [0.05, 0.1) is 17.5 Å². The summed E-state index contributed by atoms with van der Waals surface area (Å²) < 4.78 is 2.07. The molecule has 1 saturated heterocycles. The van der Waals surface area contributed by atoms with E-state index in [0.29, 0.717) is 5.69 Å². The van der Waals surface area contributed by atoms with Crippen molar-refractivity contribution in [3.8, 4) is 0 Å². The minimum absolute atomic E-state index is 0.0526. The number of imide groups is 1. The van der Waals surface area contributed by atoms with Crippen LogP contribution in [0.4, 0.5) is 5.69 Å². The van der Waals surface area contributed by atoms with Gasteiger partial charge in [-0.15, -0.1) is 0 Å². The Hall–Kier alpha value is -2.36. The summed E-state index contributed by atoms with van der Waals surface area (Å²) in [7, 11) is 2.00. The summed E-state index contributed by atoms with van der Waals surface area (Å²) in [6.45, 7) is 2.08. The number of aromatic nitrogens is 1. The molecule has 1 unspecified atom stereocenters. The molecule has 1 aromatic carbocycles. The first-order valence-electron chi connectivity index (χ1n) is 7.66. The number of nitrogens with zero attached hydrogens (tertiary/aromatic N) is 2. The molecule has 4 rings (SSSR count). The van der Waals surface area contributed by atoms with E-state index in [9.17, 15) is 9.59 Å². The molecule has 4 nitrogen and oxygen atoms in total. The van der Waals surface area contributed by atoms with Gasteiger partial charge < -0.3 is 4.57 Å². The molecule has 0 bridgehead atoms. The molecule has 4 heteroatoms. The first-order valence-corrected chi connectivity index (χ1v) is 7.66. The lowest BCUT2D eigenvalue weighted by Crippen LogP contribution is -2.32. The van der Waals surface area contributed by atoms with Crippen molar-refractivity contribution in [2.75, 3.05) is 4.90 Å². The van der Waals surface area contributed by atoms with E-state index < -0.39 is 0 Å². The maximum atomic E-state index is 13.0. The molecule has 1 aliphatic heterocycles. The van der Waals surface area contributed by atoms with Gasteiger partial charge in [-0.25, -0.2) is 4.90 Å². The van der Waals surface area contributed by atoms with Crippen LogP contribution in [0, 0.1) is 11.8 Å². The molecule has 0 N–H and O–H groups in total. The Morgan fingerprint density at radius 1 is 1.05 bits per heavy atom. The van der Waals surface area contributed by atoms with Crippen LogP contribution >= 0.6 is 0 Å². The molecule has 2 amide bonds. The fraction of sp³-hybridized carbons (Fsp3) is 0.333. The molecular formula is C18H18N2O2. The first kappa shape index (κ1) is 13.3. The van der Waals surface area contributed by atoms with Gasteiger partial charge in [-0.2, -0.15) is 0 Å². The summed E-state index contributed by atoms with van der Waals surface area (Å²) >= 11 is 0. The molecule has 1 aliphatic carbocycles. The molecular weight excluding hydrogens is 276 g/mol. The van der Waals surface area contributed by atoms with Crippen LogP contribution in [0.2, 0.25) is 0 Å². The summed E-state index contributed by atoms with van der Waals surface area (Å²) in [6.07, 6.45) is 2.84. The molecule has 1 fully saturated rings. The third-order valence-electron chi connectivity index (χ3n) is 5.07. The topological polar surface area (TPSA) is 42.3 Å². The van der Waals surface area contributed by atoms with E-state index in [0.717, 1.165) is 12.0 Å². The SMILES string of the molecule is CC1Cc2c(ccn2C)[C@H]2C(=O)N(c3ccccc3)C(=O)[C@@H]12. The highest BCUT2D eigenvalue weighted by molar-refractivity contribution is 6.24. The van der Waals surface area contributed by atoms with Gasteiger partial charge in [-0.05, 0) is 36.1 Å². The van der Waals surface area contributed by atoms with Crippen LogP contribution in [0.3, 0.4) is 0 Å². The summed E-state index contributed by atoms with van der Waals surface area (Å²) in [5.41, 5.74) is 2.89. The number of carbonyl (C=O) groups is 2. The number of aryl methyl sites for hydroxylation is 1. The van der Waals surface area contributed by atoms with Gasteiger partial charge in [0.25, 0.3) is 0 Å². The molecule has 0 spiro atoms. The average molecular weight is 294 g/mol. The van der Waals surface area contributed by atoms with Crippen molar-refractivity contribution in [2.24, 2.45) is 18.9 Å². The summed E-state index contributed by atoms with van der Waals surface area (Å²) in [5, 5.41) is 0. The number of benzene rings is 1. The van der Waals surface area contributed by atoms with Gasteiger partial charge >= 0.3 is 0 Å². The van der Waals surface area contributed by atoms with E-state index in [2.05, 4.69) is 11.5 Å². The van der Waals surface area contributed by atoms with Gasteiger partial charge in [0.15, 0.2) is 0 Å². The van der Waals surface area contributed by atoms with Crippen molar-refractivity contribution in [3.63, 3.8) is 0 Å². The fourth-order valence-corrected chi connectivity index (χ4v) is 3.98. The third-order valence-corrected chi connectivity index (χ3v) is 5.07. The third kappa shape index (κ3) is 1.64. The maximum Gasteiger partial charge on any atom is 0.242 e. The van der Waals surface area contributed by atoms with E-state index in [-0.39, 0.29) is 29.6 Å². The second kappa shape index (κ2) is 4.57. The van der Waals surface area contributed by atoms with Crippen LogP contribution in [0.25, 0.3) is 0 Å². The van der Waals surface area contributed by atoms with Crippen LogP contribution in [0.5, 0.6) is 0 Å². The highest BCUT2D eigenvalue weighted by Crippen LogP contribution is 2.47. The van der Waals surface area contributed by atoms with Gasteiger partial charge in [0.1, 0.15) is 0 Å². The molecule has 22 heavy (non-hydrogen) atoms. The quantitative estimate of drug-likeness (QED) is 0.758. The predicted molar refractivity (Wildman–Crippen MR) is 83.4 cm³/mol. The van der Waals surface area contributed by atoms with E-state index in [1.54, 1.807) is 0 Å². The molecule has 3 atom stereocenters. The fourth-order valence-electron chi connectivity index (χ4n) is 3.98. The minimum atomic E-state index is -0.326. The van der Waals surface area contributed by atoms with Gasteiger partial charge in [-0.3, -0.25) is 9.59 Å². The number of fused-ring (bicyclic) bond motifs is 3. The van der Waals surface area contributed by atoms with E-state index in [1.807, 2.05) is 49.6 Å². The number of para-hydroxylation sites is 1. The number of hydrogen-bond acceptors (Lipinski definition) is 2. The van der Waals surface area contributed by atoms with Crippen LogP contribution in [0.15, 0.2) is 42.6 Å². The smallest absolute Gasteiger partial charge is 0.242 e. The second-order valence-corrected chi connectivity index (χ2v) is 6.36. The number of rotatable bonds is 1. The molecule has 2 aromatic rings. The summed E-state index contributed by atoms with van der Waals surface area (Å²) in [4.78, 5) is 27.2. The minimum Gasteiger partial charge on any atom is -0.354 e. The lowest BCUT2D eigenvalue weighted by Gasteiger charge is -2.28. The van der Waals surface area contributed by atoms with Crippen LogP contribution in [-0.4, -0.2) is 16.4 Å². The number of anilines is 1. The first-order chi connectivity index (χ1) is 10.6. The lowest BCUT2D eigenvalue weighted by molar-refractivity contribution is -0.122. The van der Waals surface area contributed by atoms with Crippen LogP contribution in [0.1, 0.15) is 24.1 Å². The predicted octanol–water partition coefficient (Wildman–Crippen LogP) is 2.49. The van der Waals surface area contributed by atoms with Crippen molar-refractivity contribution >= 4 is 17.5 Å². The maximum absolute atomic E-state index is 13.0. The monoisotopic (exact) mass is 294 g/mol. The Labute approximate surface area is 129 Å². The number of carbonyl (C=O) groups excluding carboxylic acids is 2. The van der Waals surface area contributed by atoms with E-state index in [4.69, 9.17) is 0 Å². The van der Waals surface area contributed by atoms with Crippen LogP contribution in [-0.2, 0) is 23.1 Å². The van der Waals surface area contributed by atoms with Gasteiger partial charge in [0.2, 0.25) is 11.8 Å². The zero-order valence-electron chi connectivity index (χ0n) is 12.7. The Morgan fingerprint density at radius 3 is 2.50 bits per heavy atom. The lowest BCUT2D eigenvalue weighted by atomic mass is 9.73. The zero-order chi connectivity index (χ0) is 15.4. The van der Waals surface area contributed by atoms with Crippen molar-refractivity contribution in [1.29, 1.82) is 0 Å². The van der Waals surface area contributed by atoms with Gasteiger partial charge in [-0.1, -0.05) is 25.1 Å². The molecule has 1 aromatic heterocycles. The molecule has 2 heterocycles. The highest BCUT2D eigenvalue weighted by atomic mass is 16.2. The molecule has 0 radical (unpaired) electrons. The highest BCUT2D eigenvalue weighted by Gasteiger charge is 2.54. The van der Waals surface area contributed by atoms with E-state index in [1.165, 1.54) is 10.6 Å². The van der Waals surface area contributed by atoms with Crippen LogP contribution < -0.4 is 4.90 Å². The normalized spacial score (nSPS) is 27.0. The Morgan fingerprint density at radius 2 is 1.77 bits per heavy atom. The Balaban J connectivity index is 1.84. The van der Waals surface area contributed by atoms with Gasteiger partial charge in [0, 0.05) is 18.9 Å². The number of hydrogen-bond donors (Lipinski definition) is 0. The number of amides is 2. The molecule has 112 valence electrons. The van der Waals surface area contributed by atoms with E-state index >= 15 is 0 Å². The molecule has 0 saturated carbocycles. The largest absolute Gasteiger partial charge is 0.354 e. The summed E-state index contributed by atoms with van der Waals surface area (Å²) in [5.74, 6) is -0.519. The zero-order valence-corrected chi connectivity index (χ0v) is 12.7. The van der Waals surface area contributed by atoms with Crippen molar-refractivity contribution < 1.29 is 9.59 Å². The second-order valence-electron chi connectivity index (χ2n) is 6.36. The standard InChI is InChI=1S/C18H18N2O2/c1-11-10-14-13(8-9-19(14)2)16-15(11)17(21)20(18(16)22)12-6-4-3-5-7-12/h3-9,11,15-16H,10H2,1-2H3/t11?,15-,16+/m0/s1. The van der Waals surface area contributed by atoms with Crippen molar-refractivity contribution in [3.05, 3.63) is 53.9 Å². The van der Waals surface area contributed by atoms with Crippen molar-refractivity contribution in [1.82, 2.24) is 4.57 Å². The Kier molecular flexibility index (Phi) is 2.76. The average Bonchev–Trinajstić information content (AvgIpc) is 3.00. The van der Waals surface area contributed by atoms with Crippen molar-refractivity contribution in [2.45, 2.75) is 19.3 Å².